The molecule has 6 heteroatoms. The van der Waals surface area contributed by atoms with E-state index in [0.717, 1.165) is 0 Å². The Morgan fingerprint density at radius 1 is 1.15 bits per heavy atom. The van der Waals surface area contributed by atoms with Crippen LogP contribution in [0.3, 0.4) is 0 Å². The lowest BCUT2D eigenvalue weighted by atomic mass is 10.3. The molecular weight excluding hydrogens is 248 g/mol. The Morgan fingerprint density at radius 3 is 2.46 bits per heavy atom. The molecule has 1 heterocycles. The van der Waals surface area contributed by atoms with Gasteiger partial charge in [-0.05, 0) is 12.1 Å². The summed E-state index contributed by atoms with van der Waals surface area (Å²) in [6, 6.07) is 4.09. The molecule has 2 rings (SSSR count). The predicted octanol–water partition coefficient (Wildman–Crippen LogP) is 2.17. The highest BCUT2D eigenvalue weighted by Gasteiger charge is 2.43. The third-order valence-corrected chi connectivity index (χ3v) is 1.43. The molecule has 1 aromatic rings. The van der Waals surface area contributed by atoms with Gasteiger partial charge in [0.15, 0.2) is 11.5 Å². The SMILES string of the molecule is Br.Nc1ccc2c(c1)OC(F)(F)O2. The summed E-state index contributed by atoms with van der Waals surface area (Å²) in [6.07, 6.45) is -3.56. The Bertz CT molecular complexity index is 332. The van der Waals surface area contributed by atoms with Gasteiger partial charge in [0.05, 0.1) is 0 Å². The Labute approximate surface area is 83.2 Å². The first-order valence-electron chi connectivity index (χ1n) is 3.22. The van der Waals surface area contributed by atoms with Crippen LogP contribution in [0.1, 0.15) is 0 Å². The lowest BCUT2D eigenvalue weighted by Crippen LogP contribution is -2.25. The zero-order valence-electron chi connectivity index (χ0n) is 6.29. The number of benzene rings is 1. The summed E-state index contributed by atoms with van der Waals surface area (Å²) in [7, 11) is 0. The second-order valence-corrected chi connectivity index (χ2v) is 2.37. The zero-order chi connectivity index (χ0) is 8.77. The van der Waals surface area contributed by atoms with E-state index in [0.29, 0.717) is 5.69 Å². The molecule has 1 aliphatic rings. The van der Waals surface area contributed by atoms with E-state index in [1.807, 2.05) is 0 Å². The first-order valence-corrected chi connectivity index (χ1v) is 3.22. The second-order valence-electron chi connectivity index (χ2n) is 2.37. The maximum absolute atomic E-state index is 12.4. The minimum absolute atomic E-state index is 0. The molecule has 0 saturated carbocycles. The largest absolute Gasteiger partial charge is 0.586 e. The number of hydrogen-bond acceptors (Lipinski definition) is 3. The molecule has 1 aromatic carbocycles. The van der Waals surface area contributed by atoms with Crippen LogP contribution in [-0.2, 0) is 0 Å². The highest BCUT2D eigenvalue weighted by atomic mass is 79.9. The number of rotatable bonds is 0. The summed E-state index contributed by atoms with van der Waals surface area (Å²) in [5.41, 5.74) is 5.70. The molecule has 2 N–H and O–H groups in total. The molecule has 13 heavy (non-hydrogen) atoms. The first-order chi connectivity index (χ1) is 5.57. The topological polar surface area (TPSA) is 44.5 Å². The van der Waals surface area contributed by atoms with Gasteiger partial charge in [0.25, 0.3) is 0 Å². The van der Waals surface area contributed by atoms with E-state index < -0.39 is 6.29 Å². The highest BCUT2D eigenvalue weighted by Crippen LogP contribution is 2.41. The van der Waals surface area contributed by atoms with Crippen LogP contribution in [-0.4, -0.2) is 6.29 Å². The summed E-state index contributed by atoms with van der Waals surface area (Å²) in [4.78, 5) is 0. The van der Waals surface area contributed by atoms with E-state index in [-0.39, 0.29) is 28.5 Å². The predicted molar refractivity (Wildman–Crippen MR) is 47.4 cm³/mol. The van der Waals surface area contributed by atoms with Gasteiger partial charge in [-0.15, -0.1) is 25.8 Å². The van der Waals surface area contributed by atoms with Gasteiger partial charge in [-0.2, -0.15) is 0 Å². The van der Waals surface area contributed by atoms with Crippen molar-refractivity contribution >= 4 is 22.7 Å². The minimum atomic E-state index is -3.56. The van der Waals surface area contributed by atoms with Crippen molar-refractivity contribution in [3.8, 4) is 11.5 Å². The minimum Gasteiger partial charge on any atom is -0.399 e. The molecule has 0 amide bonds. The van der Waals surface area contributed by atoms with Crippen LogP contribution in [0.2, 0.25) is 0 Å². The number of halogens is 3. The average molecular weight is 254 g/mol. The lowest BCUT2D eigenvalue weighted by molar-refractivity contribution is -0.286. The fourth-order valence-electron chi connectivity index (χ4n) is 0.966. The first kappa shape index (κ1) is 10.0. The van der Waals surface area contributed by atoms with Gasteiger partial charge in [0.1, 0.15) is 0 Å². The molecule has 0 aliphatic carbocycles. The maximum atomic E-state index is 12.4. The molecule has 1 aliphatic heterocycles. The van der Waals surface area contributed by atoms with Crippen molar-refractivity contribution in [2.75, 3.05) is 5.73 Å². The third kappa shape index (κ3) is 1.82. The van der Waals surface area contributed by atoms with Gasteiger partial charge in [-0.1, -0.05) is 0 Å². The van der Waals surface area contributed by atoms with E-state index >= 15 is 0 Å². The monoisotopic (exact) mass is 253 g/mol. The summed E-state index contributed by atoms with van der Waals surface area (Å²) in [5, 5.41) is 0. The fourth-order valence-corrected chi connectivity index (χ4v) is 0.966. The zero-order valence-corrected chi connectivity index (χ0v) is 8.00. The molecule has 72 valence electrons. The summed E-state index contributed by atoms with van der Waals surface area (Å²) >= 11 is 0. The Kier molecular flexibility index (Phi) is 2.34. The molecule has 0 spiro atoms. The van der Waals surface area contributed by atoms with Crippen LogP contribution in [0.15, 0.2) is 18.2 Å². The number of ether oxygens (including phenoxy) is 2. The van der Waals surface area contributed by atoms with Gasteiger partial charge in [-0.25, -0.2) is 0 Å². The number of fused-ring (bicyclic) bond motifs is 1. The van der Waals surface area contributed by atoms with Crippen LogP contribution in [0.5, 0.6) is 11.5 Å². The number of nitrogens with two attached hydrogens (primary N) is 1. The molecule has 0 bridgehead atoms. The molecular formula is C7H6BrF2NO2. The molecule has 0 aromatic heterocycles. The van der Waals surface area contributed by atoms with Crippen molar-refractivity contribution in [3.05, 3.63) is 18.2 Å². The number of anilines is 1. The quantitative estimate of drug-likeness (QED) is 0.721. The van der Waals surface area contributed by atoms with Crippen molar-refractivity contribution in [2.24, 2.45) is 0 Å². The average Bonchev–Trinajstić information content (AvgIpc) is 2.21. The van der Waals surface area contributed by atoms with Crippen LogP contribution in [0.4, 0.5) is 14.5 Å². The van der Waals surface area contributed by atoms with Crippen molar-refractivity contribution in [2.45, 2.75) is 6.29 Å². The Hall–Kier alpha value is -1.04. The van der Waals surface area contributed by atoms with Gasteiger partial charge >= 0.3 is 6.29 Å². The second kappa shape index (κ2) is 3.02. The highest BCUT2D eigenvalue weighted by molar-refractivity contribution is 8.93. The van der Waals surface area contributed by atoms with E-state index in [1.165, 1.54) is 18.2 Å². The number of nitrogen functional groups attached to an aromatic ring is 1. The smallest absolute Gasteiger partial charge is 0.399 e. The van der Waals surface area contributed by atoms with Gasteiger partial charge in [0, 0.05) is 11.8 Å². The normalized spacial score (nSPS) is 16.5. The van der Waals surface area contributed by atoms with Crippen molar-refractivity contribution in [1.29, 1.82) is 0 Å². The van der Waals surface area contributed by atoms with E-state index in [2.05, 4.69) is 9.47 Å². The fraction of sp³-hybridized carbons (Fsp3) is 0.143. The van der Waals surface area contributed by atoms with Crippen LogP contribution >= 0.6 is 17.0 Å². The summed E-state index contributed by atoms with van der Waals surface area (Å²) in [5.74, 6) is -0.0193. The Morgan fingerprint density at radius 2 is 1.77 bits per heavy atom. The van der Waals surface area contributed by atoms with Crippen molar-refractivity contribution in [1.82, 2.24) is 0 Å². The molecule has 3 nitrogen and oxygen atoms in total. The summed E-state index contributed by atoms with van der Waals surface area (Å²) < 4.78 is 33.0. The van der Waals surface area contributed by atoms with E-state index in [1.54, 1.807) is 0 Å². The standard InChI is InChI=1S/C7H5F2NO2.BrH/c8-7(9)11-5-2-1-4(10)3-6(5)12-7;/h1-3H,10H2;1H. The maximum Gasteiger partial charge on any atom is 0.586 e. The molecule has 0 radical (unpaired) electrons. The van der Waals surface area contributed by atoms with E-state index in [4.69, 9.17) is 5.73 Å². The van der Waals surface area contributed by atoms with Gasteiger partial charge < -0.3 is 15.2 Å². The van der Waals surface area contributed by atoms with Crippen molar-refractivity contribution in [3.63, 3.8) is 0 Å². The van der Waals surface area contributed by atoms with Crippen LogP contribution in [0, 0.1) is 0 Å². The number of alkyl halides is 2. The summed E-state index contributed by atoms with van der Waals surface area (Å²) in [6.45, 7) is 0. The van der Waals surface area contributed by atoms with Gasteiger partial charge in [-0.3, -0.25) is 0 Å². The lowest BCUT2D eigenvalue weighted by Gasteiger charge is -2.04. The van der Waals surface area contributed by atoms with Crippen molar-refractivity contribution < 1.29 is 18.3 Å². The molecule has 0 unspecified atom stereocenters. The van der Waals surface area contributed by atoms with Crippen LogP contribution in [0.25, 0.3) is 0 Å². The third-order valence-electron chi connectivity index (χ3n) is 1.43. The van der Waals surface area contributed by atoms with E-state index in [9.17, 15) is 8.78 Å². The molecule has 0 atom stereocenters. The van der Waals surface area contributed by atoms with Crippen LogP contribution < -0.4 is 15.2 Å². The molecule has 0 saturated heterocycles. The number of hydrogen-bond donors (Lipinski definition) is 1. The Balaban J connectivity index is 0.000000845. The van der Waals surface area contributed by atoms with Gasteiger partial charge in [0.2, 0.25) is 0 Å². The molecule has 0 fully saturated rings.